The summed E-state index contributed by atoms with van der Waals surface area (Å²) < 4.78 is 19.9. The Morgan fingerprint density at radius 1 is 1.24 bits per heavy atom. The highest BCUT2D eigenvalue weighted by Gasteiger charge is 2.58. The maximum atomic E-state index is 13.4. The first kappa shape index (κ1) is 22.1. The number of ether oxygens (including phenoxy) is 1. The van der Waals surface area contributed by atoms with Gasteiger partial charge in [0.1, 0.15) is 12.4 Å². The number of rotatable bonds is 6. The fourth-order valence-corrected chi connectivity index (χ4v) is 5.34. The number of carbonyl (C=O) groups is 3. The van der Waals surface area contributed by atoms with Crippen LogP contribution in [-0.4, -0.2) is 40.3 Å². The van der Waals surface area contributed by atoms with Crippen LogP contribution in [0.1, 0.15) is 42.9 Å². The molecule has 0 radical (unpaired) electrons. The van der Waals surface area contributed by atoms with Gasteiger partial charge in [0.25, 0.3) is 5.91 Å². The molecule has 1 heterocycles. The molecule has 1 saturated carbocycles. The predicted molar refractivity (Wildman–Crippen MR) is 121 cm³/mol. The van der Waals surface area contributed by atoms with Crippen molar-refractivity contribution < 1.29 is 23.5 Å². The van der Waals surface area contributed by atoms with Gasteiger partial charge in [0, 0.05) is 29.0 Å². The Hall–Kier alpha value is -2.74. The van der Waals surface area contributed by atoms with Crippen LogP contribution in [0.2, 0.25) is 0 Å². The van der Waals surface area contributed by atoms with Gasteiger partial charge in [0.2, 0.25) is 11.5 Å². The molecule has 0 bridgehead atoms. The minimum absolute atomic E-state index is 0.0465. The lowest BCUT2D eigenvalue weighted by Crippen LogP contribution is -2.47. The number of carbonyl (C=O) groups excluding carboxylic acids is 3. The zero-order valence-corrected chi connectivity index (χ0v) is 19.8. The monoisotopic (exact) mass is 514 g/mol. The van der Waals surface area contributed by atoms with E-state index in [0.29, 0.717) is 24.3 Å². The largest absolute Gasteiger partial charge is 0.427 e. The smallest absolute Gasteiger partial charge is 0.418 e. The van der Waals surface area contributed by atoms with Gasteiger partial charge in [-0.3, -0.25) is 9.59 Å². The molecule has 1 spiro atoms. The van der Waals surface area contributed by atoms with Gasteiger partial charge in [-0.15, -0.1) is 0 Å². The van der Waals surface area contributed by atoms with Crippen LogP contribution in [-0.2, 0) is 32.9 Å². The van der Waals surface area contributed by atoms with Gasteiger partial charge in [0.05, 0.1) is 0 Å². The van der Waals surface area contributed by atoms with Gasteiger partial charge in [0.15, 0.2) is 0 Å². The standard InChI is InChI=1S/C25H24BrFN2O4/c1-15(17-4-5-17)28(13-16-2-7-20(27)8-3-16)22(30)14-29-23(31)25(33-24(29)32)11-10-18-12-19(26)6-9-21(18)25/h2-3,6-9,12,15,17H,4-5,10-11,13-14H2,1H3/t15-,25?/m1/s1. The lowest BCUT2D eigenvalue weighted by molar-refractivity contribution is -0.143. The Labute approximate surface area is 199 Å². The number of imide groups is 1. The summed E-state index contributed by atoms with van der Waals surface area (Å²) in [7, 11) is 0. The Kier molecular flexibility index (Phi) is 5.51. The van der Waals surface area contributed by atoms with Crippen molar-refractivity contribution in [3.05, 3.63) is 69.4 Å². The quantitative estimate of drug-likeness (QED) is 0.567. The van der Waals surface area contributed by atoms with Crippen LogP contribution in [0.5, 0.6) is 0 Å². The highest BCUT2D eigenvalue weighted by molar-refractivity contribution is 9.10. The second-order valence-corrected chi connectivity index (χ2v) is 10.0. The predicted octanol–water partition coefficient (Wildman–Crippen LogP) is 4.54. The molecule has 2 aliphatic carbocycles. The van der Waals surface area contributed by atoms with E-state index in [1.54, 1.807) is 23.1 Å². The second-order valence-electron chi connectivity index (χ2n) is 9.11. The molecule has 6 nitrogen and oxygen atoms in total. The minimum Gasteiger partial charge on any atom is -0.427 e. The summed E-state index contributed by atoms with van der Waals surface area (Å²) in [5.41, 5.74) is 1.09. The molecular weight excluding hydrogens is 491 g/mol. The summed E-state index contributed by atoms with van der Waals surface area (Å²) in [6, 6.07) is 11.5. The third kappa shape index (κ3) is 3.94. The van der Waals surface area contributed by atoms with E-state index in [1.165, 1.54) is 12.1 Å². The van der Waals surface area contributed by atoms with Crippen molar-refractivity contribution in [2.75, 3.05) is 6.54 Å². The Morgan fingerprint density at radius 3 is 2.67 bits per heavy atom. The van der Waals surface area contributed by atoms with Crippen molar-refractivity contribution in [1.29, 1.82) is 0 Å². The van der Waals surface area contributed by atoms with E-state index in [1.807, 2.05) is 19.1 Å². The van der Waals surface area contributed by atoms with Gasteiger partial charge >= 0.3 is 6.09 Å². The van der Waals surface area contributed by atoms with Crippen molar-refractivity contribution in [2.45, 2.75) is 50.8 Å². The highest BCUT2D eigenvalue weighted by Crippen LogP contribution is 2.46. The molecule has 172 valence electrons. The van der Waals surface area contributed by atoms with Crippen LogP contribution in [0.4, 0.5) is 9.18 Å². The van der Waals surface area contributed by atoms with E-state index in [0.717, 1.165) is 33.3 Å². The minimum atomic E-state index is -1.35. The molecule has 1 unspecified atom stereocenters. The summed E-state index contributed by atoms with van der Waals surface area (Å²) in [6.07, 6.45) is 2.27. The van der Waals surface area contributed by atoms with E-state index in [2.05, 4.69) is 15.9 Å². The number of nitrogens with zero attached hydrogens (tertiary/aromatic N) is 2. The molecule has 8 heteroatoms. The van der Waals surface area contributed by atoms with Gasteiger partial charge in [-0.2, -0.15) is 0 Å². The van der Waals surface area contributed by atoms with Gasteiger partial charge in [-0.25, -0.2) is 14.1 Å². The van der Waals surface area contributed by atoms with Crippen LogP contribution in [0.3, 0.4) is 0 Å². The first-order valence-electron chi connectivity index (χ1n) is 11.2. The fourth-order valence-electron chi connectivity index (χ4n) is 4.93. The fraction of sp³-hybridized carbons (Fsp3) is 0.400. The zero-order valence-electron chi connectivity index (χ0n) is 18.2. The van der Waals surface area contributed by atoms with Crippen LogP contribution in [0.25, 0.3) is 0 Å². The third-order valence-electron chi connectivity index (χ3n) is 7.00. The third-order valence-corrected chi connectivity index (χ3v) is 7.49. The number of hydrogen-bond donors (Lipinski definition) is 0. The van der Waals surface area contributed by atoms with Crippen LogP contribution in [0, 0.1) is 11.7 Å². The van der Waals surface area contributed by atoms with Gasteiger partial charge in [-0.05, 0) is 67.5 Å². The number of benzene rings is 2. The molecule has 2 fully saturated rings. The summed E-state index contributed by atoms with van der Waals surface area (Å²) in [4.78, 5) is 42.2. The number of halogens is 2. The van der Waals surface area contributed by atoms with Crippen molar-refractivity contribution in [2.24, 2.45) is 5.92 Å². The lowest BCUT2D eigenvalue weighted by Gasteiger charge is -2.30. The normalized spacial score (nSPS) is 22.5. The molecule has 2 atom stereocenters. The molecule has 1 aliphatic heterocycles. The highest BCUT2D eigenvalue weighted by atomic mass is 79.9. The van der Waals surface area contributed by atoms with Gasteiger partial charge < -0.3 is 9.64 Å². The second kappa shape index (κ2) is 8.24. The summed E-state index contributed by atoms with van der Waals surface area (Å²) in [6.45, 7) is 1.90. The van der Waals surface area contributed by atoms with Crippen LogP contribution < -0.4 is 0 Å². The van der Waals surface area contributed by atoms with E-state index >= 15 is 0 Å². The van der Waals surface area contributed by atoms with Crippen LogP contribution >= 0.6 is 15.9 Å². The van der Waals surface area contributed by atoms with E-state index in [4.69, 9.17) is 4.74 Å². The Bertz CT molecular complexity index is 1130. The summed E-state index contributed by atoms with van der Waals surface area (Å²) in [5.74, 6) is -0.758. The molecule has 3 aliphatic rings. The average molecular weight is 515 g/mol. The molecule has 2 aromatic rings. The molecule has 0 aromatic heterocycles. The molecular formula is C25H24BrFN2O4. The SMILES string of the molecule is C[C@H](C1CC1)N(Cc1ccc(F)cc1)C(=O)CN1C(=O)OC2(CCc3cc(Br)ccc32)C1=O. The Balaban J connectivity index is 1.37. The van der Waals surface area contributed by atoms with Crippen molar-refractivity contribution in [3.8, 4) is 0 Å². The van der Waals surface area contributed by atoms with Crippen LogP contribution in [0.15, 0.2) is 46.9 Å². The maximum Gasteiger partial charge on any atom is 0.418 e. The molecule has 1 saturated heterocycles. The molecule has 2 aromatic carbocycles. The number of fused-ring (bicyclic) bond motifs is 2. The molecule has 33 heavy (non-hydrogen) atoms. The van der Waals surface area contributed by atoms with E-state index in [-0.39, 0.29) is 30.9 Å². The lowest BCUT2D eigenvalue weighted by atomic mass is 9.95. The Morgan fingerprint density at radius 2 is 1.97 bits per heavy atom. The van der Waals surface area contributed by atoms with Crippen molar-refractivity contribution in [1.82, 2.24) is 9.80 Å². The first-order valence-corrected chi connectivity index (χ1v) is 12.0. The number of hydrogen-bond acceptors (Lipinski definition) is 4. The average Bonchev–Trinajstić information content (AvgIpc) is 3.54. The van der Waals surface area contributed by atoms with Gasteiger partial charge in [-0.1, -0.05) is 34.1 Å². The summed E-state index contributed by atoms with van der Waals surface area (Å²) in [5, 5.41) is 0. The van der Waals surface area contributed by atoms with E-state index < -0.39 is 17.6 Å². The summed E-state index contributed by atoms with van der Waals surface area (Å²) >= 11 is 3.44. The van der Waals surface area contributed by atoms with Crippen molar-refractivity contribution in [3.63, 3.8) is 0 Å². The molecule has 5 rings (SSSR count). The topological polar surface area (TPSA) is 66.9 Å². The zero-order chi connectivity index (χ0) is 23.3. The van der Waals surface area contributed by atoms with Crippen molar-refractivity contribution >= 4 is 33.8 Å². The first-order chi connectivity index (χ1) is 15.8. The maximum absolute atomic E-state index is 13.4. The number of aryl methyl sites for hydroxylation is 1. The number of amides is 3. The molecule has 0 N–H and O–H groups in total. The molecule has 3 amide bonds. The van der Waals surface area contributed by atoms with E-state index in [9.17, 15) is 18.8 Å².